The van der Waals surface area contributed by atoms with Crippen molar-refractivity contribution in [3.63, 3.8) is 0 Å². The first-order valence-electron chi connectivity index (χ1n) is 8.12. The zero-order chi connectivity index (χ0) is 19.0. The van der Waals surface area contributed by atoms with Crippen LogP contribution < -0.4 is 16.2 Å². The van der Waals surface area contributed by atoms with Gasteiger partial charge in [0.25, 0.3) is 5.56 Å². The first kappa shape index (κ1) is 18.9. The van der Waals surface area contributed by atoms with Gasteiger partial charge in [-0.05, 0) is 19.1 Å². The second kappa shape index (κ2) is 7.41. The SMILES string of the molecule is CCC(OC(C)=O)C1C[C@@H](SC)[C@H](n2c(=O)sc3c(=O)[nH]c(N)nc32)O1. The Morgan fingerprint density at radius 1 is 1.58 bits per heavy atom. The normalized spacial score (nSPS) is 24.0. The van der Waals surface area contributed by atoms with Crippen molar-refractivity contribution in [1.82, 2.24) is 14.5 Å². The van der Waals surface area contributed by atoms with E-state index >= 15 is 0 Å². The van der Waals surface area contributed by atoms with Gasteiger partial charge in [-0.15, -0.1) is 0 Å². The zero-order valence-electron chi connectivity index (χ0n) is 14.6. The number of nitrogens with one attached hydrogen (secondary N) is 1. The molecule has 3 rings (SSSR count). The average molecular weight is 400 g/mol. The van der Waals surface area contributed by atoms with E-state index in [0.29, 0.717) is 12.8 Å². The molecule has 2 aromatic heterocycles. The molecule has 0 aromatic carbocycles. The Morgan fingerprint density at radius 3 is 2.92 bits per heavy atom. The van der Waals surface area contributed by atoms with Gasteiger partial charge in [0.05, 0.1) is 11.4 Å². The molecule has 1 aliphatic heterocycles. The van der Waals surface area contributed by atoms with Crippen molar-refractivity contribution >= 4 is 45.4 Å². The second-order valence-corrected chi connectivity index (χ2v) is 8.01. The van der Waals surface area contributed by atoms with Crippen LogP contribution in [0, 0.1) is 0 Å². The number of H-pyrrole nitrogens is 1. The molecule has 0 radical (unpaired) electrons. The van der Waals surface area contributed by atoms with Crippen LogP contribution in [0.3, 0.4) is 0 Å². The molecule has 26 heavy (non-hydrogen) atoms. The maximum absolute atomic E-state index is 12.5. The molecule has 3 N–H and O–H groups in total. The molecule has 0 amide bonds. The predicted octanol–water partition coefficient (Wildman–Crippen LogP) is 1.09. The molecule has 2 unspecified atom stereocenters. The Balaban J connectivity index is 2.02. The number of nitrogens with two attached hydrogens (primary N) is 1. The Kier molecular flexibility index (Phi) is 5.39. The van der Waals surface area contributed by atoms with Gasteiger partial charge in [0.1, 0.15) is 10.8 Å². The highest BCUT2D eigenvalue weighted by atomic mass is 32.2. The molecule has 0 aliphatic carbocycles. The summed E-state index contributed by atoms with van der Waals surface area (Å²) in [5, 5.41) is -0.0533. The summed E-state index contributed by atoms with van der Waals surface area (Å²) in [6.07, 6.45) is 1.78. The number of nitrogens with zero attached hydrogens (tertiary/aromatic N) is 2. The zero-order valence-corrected chi connectivity index (χ0v) is 16.2. The first-order chi connectivity index (χ1) is 12.3. The number of thiazole rings is 1. The van der Waals surface area contributed by atoms with E-state index in [1.807, 2.05) is 13.2 Å². The summed E-state index contributed by atoms with van der Waals surface area (Å²) >= 11 is 2.36. The summed E-state index contributed by atoms with van der Waals surface area (Å²) < 4.78 is 13.1. The number of aromatic nitrogens is 3. The Hall–Kier alpha value is -1.85. The number of carbonyl (C=O) groups is 1. The van der Waals surface area contributed by atoms with Gasteiger partial charge in [-0.2, -0.15) is 16.7 Å². The number of carbonyl (C=O) groups excluding carboxylic acids is 1. The molecule has 0 saturated carbocycles. The van der Waals surface area contributed by atoms with Crippen LogP contribution in [0.5, 0.6) is 0 Å². The molecule has 0 bridgehead atoms. The molecule has 142 valence electrons. The molecule has 4 atom stereocenters. The van der Waals surface area contributed by atoms with Crippen molar-refractivity contribution in [3.05, 3.63) is 20.0 Å². The Bertz CT molecular complexity index is 936. The van der Waals surface area contributed by atoms with E-state index in [2.05, 4.69) is 9.97 Å². The number of nitrogen functional groups attached to an aromatic ring is 1. The third-order valence-electron chi connectivity index (χ3n) is 4.28. The lowest BCUT2D eigenvalue weighted by molar-refractivity contribution is -0.156. The molecule has 2 aromatic rings. The van der Waals surface area contributed by atoms with E-state index in [1.54, 1.807) is 11.8 Å². The third kappa shape index (κ3) is 3.38. The van der Waals surface area contributed by atoms with Gasteiger partial charge in [-0.3, -0.25) is 23.9 Å². The van der Waals surface area contributed by atoms with Crippen LogP contribution in [0.4, 0.5) is 5.95 Å². The molecule has 1 aliphatic rings. The number of anilines is 1. The van der Waals surface area contributed by atoms with Crippen LogP contribution in [0.1, 0.15) is 32.9 Å². The minimum atomic E-state index is -0.616. The van der Waals surface area contributed by atoms with Gasteiger partial charge in [0.2, 0.25) is 5.95 Å². The largest absolute Gasteiger partial charge is 0.460 e. The van der Waals surface area contributed by atoms with E-state index in [1.165, 1.54) is 11.5 Å². The lowest BCUT2D eigenvalue weighted by atomic mass is 10.1. The number of esters is 1. The van der Waals surface area contributed by atoms with Crippen molar-refractivity contribution in [2.75, 3.05) is 12.0 Å². The molecule has 1 fully saturated rings. The van der Waals surface area contributed by atoms with Crippen LogP contribution in [-0.2, 0) is 14.3 Å². The number of aromatic amines is 1. The summed E-state index contributed by atoms with van der Waals surface area (Å²) in [5.74, 6) is -0.431. The Labute approximate surface area is 156 Å². The predicted molar refractivity (Wildman–Crippen MR) is 101 cm³/mol. The van der Waals surface area contributed by atoms with Crippen molar-refractivity contribution in [3.8, 4) is 0 Å². The van der Waals surface area contributed by atoms with Crippen LogP contribution in [0.25, 0.3) is 10.3 Å². The minimum absolute atomic E-state index is 0.0533. The van der Waals surface area contributed by atoms with E-state index in [4.69, 9.17) is 15.2 Å². The summed E-state index contributed by atoms with van der Waals surface area (Å²) in [7, 11) is 0. The number of hydrogen-bond acceptors (Lipinski definition) is 9. The van der Waals surface area contributed by atoms with Gasteiger partial charge in [0.15, 0.2) is 11.9 Å². The fourth-order valence-electron chi connectivity index (χ4n) is 3.15. The number of rotatable bonds is 5. The molecule has 11 heteroatoms. The fraction of sp³-hybridized carbons (Fsp3) is 0.600. The highest BCUT2D eigenvalue weighted by Crippen LogP contribution is 2.39. The van der Waals surface area contributed by atoms with Gasteiger partial charge in [-0.1, -0.05) is 18.3 Å². The van der Waals surface area contributed by atoms with Crippen LogP contribution in [-0.4, -0.2) is 44.2 Å². The number of ether oxygens (including phenoxy) is 2. The summed E-state index contributed by atoms with van der Waals surface area (Å²) in [4.78, 5) is 42.1. The maximum Gasteiger partial charge on any atom is 0.311 e. The first-order valence-corrected chi connectivity index (χ1v) is 10.2. The van der Waals surface area contributed by atoms with Gasteiger partial charge in [-0.25, -0.2) is 0 Å². The summed E-state index contributed by atoms with van der Waals surface area (Å²) in [5.41, 5.74) is 5.40. The van der Waals surface area contributed by atoms with E-state index in [-0.39, 0.29) is 38.5 Å². The van der Waals surface area contributed by atoms with Crippen LogP contribution in [0.15, 0.2) is 9.59 Å². The third-order valence-corrected chi connectivity index (χ3v) is 6.25. The van der Waals surface area contributed by atoms with Crippen molar-refractivity contribution in [2.45, 2.75) is 50.4 Å². The average Bonchev–Trinajstić information content (AvgIpc) is 3.12. The minimum Gasteiger partial charge on any atom is -0.460 e. The van der Waals surface area contributed by atoms with Crippen molar-refractivity contribution in [1.29, 1.82) is 0 Å². The van der Waals surface area contributed by atoms with Gasteiger partial charge in [0, 0.05) is 6.92 Å². The van der Waals surface area contributed by atoms with E-state index < -0.39 is 17.9 Å². The van der Waals surface area contributed by atoms with Gasteiger partial charge < -0.3 is 15.2 Å². The van der Waals surface area contributed by atoms with Crippen LogP contribution >= 0.6 is 23.1 Å². The Morgan fingerprint density at radius 2 is 2.31 bits per heavy atom. The lowest BCUT2D eigenvalue weighted by Gasteiger charge is -2.22. The smallest absolute Gasteiger partial charge is 0.311 e. The quantitative estimate of drug-likeness (QED) is 0.714. The summed E-state index contributed by atoms with van der Waals surface area (Å²) in [6.45, 7) is 3.27. The topological polar surface area (TPSA) is 129 Å². The van der Waals surface area contributed by atoms with Crippen molar-refractivity contribution in [2.24, 2.45) is 0 Å². The van der Waals surface area contributed by atoms with E-state index in [0.717, 1.165) is 11.3 Å². The molecular weight excluding hydrogens is 380 g/mol. The molecule has 3 heterocycles. The van der Waals surface area contributed by atoms with Crippen molar-refractivity contribution < 1.29 is 14.3 Å². The van der Waals surface area contributed by atoms with Gasteiger partial charge >= 0.3 is 10.8 Å². The summed E-state index contributed by atoms with van der Waals surface area (Å²) in [6, 6.07) is 0. The highest BCUT2D eigenvalue weighted by Gasteiger charge is 2.42. The molecule has 1 saturated heterocycles. The number of hydrogen-bond donors (Lipinski definition) is 2. The number of fused-ring (bicyclic) bond motifs is 1. The molecular formula is C15H20N4O5S2. The van der Waals surface area contributed by atoms with Crippen LogP contribution in [0.2, 0.25) is 0 Å². The highest BCUT2D eigenvalue weighted by molar-refractivity contribution is 7.99. The number of thioether (sulfide) groups is 1. The molecule has 9 nitrogen and oxygen atoms in total. The molecule has 0 spiro atoms. The lowest BCUT2D eigenvalue weighted by Crippen LogP contribution is -2.31. The standard InChI is InChI=1S/C15H20N4O5S2/c1-4-7(23-6(2)20)8-5-9(25-3)13(24-8)19-11-10(26-15(19)22)12(21)18-14(16)17-11/h7-9,13H,4-5H2,1-3H3,(H3,16,17,18,21)/t7?,8?,9-,13-/m1/s1. The monoisotopic (exact) mass is 400 g/mol. The second-order valence-electron chi connectivity index (χ2n) is 5.97. The van der Waals surface area contributed by atoms with E-state index in [9.17, 15) is 14.4 Å². The maximum atomic E-state index is 12.5. The fourth-order valence-corrected chi connectivity index (χ4v) is 4.80.